The Bertz CT molecular complexity index is 418. The van der Waals surface area contributed by atoms with E-state index in [0.717, 1.165) is 17.7 Å². The van der Waals surface area contributed by atoms with Gasteiger partial charge in [-0.2, -0.15) is 0 Å². The monoisotopic (exact) mass is 260 g/mol. The fraction of sp³-hybridized carbons (Fsp3) is 0.636. The van der Waals surface area contributed by atoms with Crippen molar-refractivity contribution in [3.05, 3.63) is 17.5 Å². The molecule has 1 aromatic heterocycles. The summed E-state index contributed by atoms with van der Waals surface area (Å²) in [6, 6.07) is 1.50. The molecule has 0 aliphatic heterocycles. The summed E-state index contributed by atoms with van der Waals surface area (Å²) in [5, 5.41) is 12.4. The third-order valence-corrected chi connectivity index (χ3v) is 2.74. The fourth-order valence-electron chi connectivity index (χ4n) is 1.68. The summed E-state index contributed by atoms with van der Waals surface area (Å²) in [5.74, 6) is 0.291. The third-order valence-electron chi connectivity index (χ3n) is 2.74. The Morgan fingerprint density at radius 2 is 2.33 bits per heavy atom. The first-order valence-electron chi connectivity index (χ1n) is 5.76. The molecule has 1 saturated carbocycles. The molecule has 0 saturated heterocycles. The Balaban J connectivity index is 2.05. The van der Waals surface area contributed by atoms with Crippen molar-refractivity contribution in [3.8, 4) is 0 Å². The Morgan fingerprint density at radius 1 is 1.61 bits per heavy atom. The van der Waals surface area contributed by atoms with E-state index in [1.807, 2.05) is 0 Å². The van der Waals surface area contributed by atoms with E-state index < -0.39 is 18.9 Å². The summed E-state index contributed by atoms with van der Waals surface area (Å²) in [6.07, 6.45) is -0.643. The predicted molar refractivity (Wildman–Crippen MR) is 57.5 cm³/mol. The zero-order chi connectivity index (χ0) is 13.1. The molecule has 0 spiro atoms. The van der Waals surface area contributed by atoms with Crippen molar-refractivity contribution < 1.29 is 23.2 Å². The highest BCUT2D eigenvalue weighted by atomic mass is 19.3. The molecule has 0 atom stereocenters. The van der Waals surface area contributed by atoms with Crippen LogP contribution in [0, 0.1) is 0 Å². The first kappa shape index (κ1) is 12.9. The second-order valence-electron chi connectivity index (χ2n) is 4.25. The Morgan fingerprint density at radius 3 is 2.89 bits per heavy atom. The van der Waals surface area contributed by atoms with Crippen LogP contribution in [0.4, 0.5) is 8.78 Å². The van der Waals surface area contributed by atoms with Gasteiger partial charge in [0.15, 0.2) is 5.69 Å². The number of aromatic nitrogens is 1. The summed E-state index contributed by atoms with van der Waals surface area (Å²) >= 11 is 0. The van der Waals surface area contributed by atoms with Gasteiger partial charge in [-0.1, -0.05) is 5.16 Å². The van der Waals surface area contributed by atoms with Crippen molar-refractivity contribution in [2.75, 3.05) is 19.7 Å². The molecular weight excluding hydrogens is 246 g/mol. The van der Waals surface area contributed by atoms with Gasteiger partial charge in [-0.15, -0.1) is 0 Å². The van der Waals surface area contributed by atoms with Crippen LogP contribution in [0.25, 0.3) is 0 Å². The number of hydrogen-bond donors (Lipinski definition) is 1. The maximum Gasteiger partial charge on any atom is 0.276 e. The highest BCUT2D eigenvalue weighted by molar-refractivity contribution is 5.92. The standard InChI is InChI=1S/C11H14F2N2O3/c12-10(13)6-15(3-4-16)11(17)8-5-9(18-14-8)7-1-2-7/h5,7,10,16H,1-4,6H2. The topological polar surface area (TPSA) is 66.6 Å². The van der Waals surface area contributed by atoms with Gasteiger partial charge in [0.25, 0.3) is 12.3 Å². The lowest BCUT2D eigenvalue weighted by atomic mass is 10.2. The lowest BCUT2D eigenvalue weighted by Crippen LogP contribution is -2.37. The van der Waals surface area contributed by atoms with Crippen LogP contribution in [0.5, 0.6) is 0 Å². The number of nitrogens with zero attached hydrogens (tertiary/aromatic N) is 2. The molecule has 0 bridgehead atoms. The maximum atomic E-state index is 12.3. The summed E-state index contributed by atoms with van der Waals surface area (Å²) in [7, 11) is 0. The first-order valence-corrected chi connectivity index (χ1v) is 5.76. The smallest absolute Gasteiger partial charge is 0.276 e. The minimum atomic E-state index is -2.64. The molecule has 1 fully saturated rings. The number of aliphatic hydroxyl groups excluding tert-OH is 1. The molecule has 2 rings (SSSR count). The largest absolute Gasteiger partial charge is 0.395 e. The van der Waals surface area contributed by atoms with Crippen LogP contribution in [0.3, 0.4) is 0 Å². The average molecular weight is 260 g/mol. The van der Waals surface area contributed by atoms with Gasteiger partial charge in [-0.3, -0.25) is 4.79 Å². The molecule has 5 nitrogen and oxygen atoms in total. The van der Waals surface area contributed by atoms with Crippen LogP contribution in [0.1, 0.15) is 35.0 Å². The summed E-state index contributed by atoms with van der Waals surface area (Å²) in [6.45, 7) is -1.23. The number of alkyl halides is 2. The zero-order valence-electron chi connectivity index (χ0n) is 9.68. The van der Waals surface area contributed by atoms with Crippen LogP contribution in [0.15, 0.2) is 10.6 Å². The van der Waals surface area contributed by atoms with Crippen molar-refractivity contribution >= 4 is 5.91 Å². The highest BCUT2D eigenvalue weighted by Gasteiger charge is 2.30. The van der Waals surface area contributed by atoms with E-state index in [2.05, 4.69) is 5.16 Å². The second kappa shape index (κ2) is 5.43. The normalized spacial score (nSPS) is 15.1. The first-order chi connectivity index (χ1) is 8.61. The minimum absolute atomic E-state index is 0.0194. The summed E-state index contributed by atoms with van der Waals surface area (Å²) in [4.78, 5) is 12.8. The molecule has 7 heteroatoms. The minimum Gasteiger partial charge on any atom is -0.395 e. The van der Waals surface area contributed by atoms with E-state index in [9.17, 15) is 13.6 Å². The molecule has 0 unspecified atom stereocenters. The van der Waals surface area contributed by atoms with E-state index in [4.69, 9.17) is 9.63 Å². The van der Waals surface area contributed by atoms with E-state index in [1.165, 1.54) is 6.07 Å². The highest BCUT2D eigenvalue weighted by Crippen LogP contribution is 2.40. The van der Waals surface area contributed by atoms with E-state index in [0.29, 0.717) is 11.7 Å². The Hall–Kier alpha value is -1.50. The lowest BCUT2D eigenvalue weighted by Gasteiger charge is -2.19. The van der Waals surface area contributed by atoms with Crippen LogP contribution in [-0.4, -0.2) is 47.2 Å². The number of carbonyl (C=O) groups excluding carboxylic acids is 1. The molecule has 1 aromatic rings. The Kier molecular flexibility index (Phi) is 3.90. The van der Waals surface area contributed by atoms with Crippen LogP contribution in [-0.2, 0) is 0 Å². The van der Waals surface area contributed by atoms with Crippen molar-refractivity contribution in [2.24, 2.45) is 0 Å². The number of carbonyl (C=O) groups is 1. The average Bonchev–Trinajstić information content (AvgIpc) is 3.05. The molecule has 1 aliphatic rings. The lowest BCUT2D eigenvalue weighted by molar-refractivity contribution is 0.0500. The van der Waals surface area contributed by atoms with E-state index >= 15 is 0 Å². The van der Waals surface area contributed by atoms with Crippen molar-refractivity contribution in [3.63, 3.8) is 0 Å². The molecule has 0 radical (unpaired) electrons. The van der Waals surface area contributed by atoms with Gasteiger partial charge >= 0.3 is 0 Å². The van der Waals surface area contributed by atoms with E-state index in [1.54, 1.807) is 0 Å². The third kappa shape index (κ3) is 3.04. The van der Waals surface area contributed by atoms with E-state index in [-0.39, 0.29) is 18.8 Å². The number of amides is 1. The SMILES string of the molecule is O=C(c1cc(C2CC2)on1)N(CCO)CC(F)F. The fourth-order valence-corrected chi connectivity index (χ4v) is 1.68. The van der Waals surface area contributed by atoms with Gasteiger partial charge in [0, 0.05) is 18.5 Å². The van der Waals surface area contributed by atoms with Crippen LogP contribution >= 0.6 is 0 Å². The molecule has 1 aliphatic carbocycles. The van der Waals surface area contributed by atoms with Gasteiger partial charge < -0.3 is 14.5 Å². The van der Waals surface area contributed by atoms with Crippen LogP contribution < -0.4 is 0 Å². The Labute approximate surface area is 102 Å². The van der Waals surface area contributed by atoms with Gasteiger partial charge in [0.05, 0.1) is 13.2 Å². The van der Waals surface area contributed by atoms with Crippen molar-refractivity contribution in [1.82, 2.24) is 10.1 Å². The zero-order valence-corrected chi connectivity index (χ0v) is 9.68. The van der Waals surface area contributed by atoms with Gasteiger partial charge in [0.2, 0.25) is 0 Å². The number of aliphatic hydroxyl groups is 1. The molecule has 18 heavy (non-hydrogen) atoms. The number of hydrogen-bond acceptors (Lipinski definition) is 4. The molecule has 1 N–H and O–H groups in total. The number of rotatable bonds is 6. The molecule has 1 amide bonds. The second-order valence-corrected chi connectivity index (χ2v) is 4.25. The summed E-state index contributed by atoms with van der Waals surface area (Å²) in [5.41, 5.74) is 0.0194. The predicted octanol–water partition coefficient (Wildman–Crippen LogP) is 1.25. The maximum absolute atomic E-state index is 12.3. The molecule has 1 heterocycles. The van der Waals surface area contributed by atoms with Crippen molar-refractivity contribution in [2.45, 2.75) is 25.2 Å². The van der Waals surface area contributed by atoms with Crippen LogP contribution in [0.2, 0.25) is 0 Å². The number of halogens is 2. The quantitative estimate of drug-likeness (QED) is 0.836. The summed E-state index contributed by atoms with van der Waals surface area (Å²) < 4.78 is 29.6. The van der Waals surface area contributed by atoms with Gasteiger partial charge in [-0.05, 0) is 12.8 Å². The molecular formula is C11H14F2N2O3. The van der Waals surface area contributed by atoms with Gasteiger partial charge in [-0.25, -0.2) is 8.78 Å². The van der Waals surface area contributed by atoms with Crippen molar-refractivity contribution in [1.29, 1.82) is 0 Å². The molecule has 100 valence electrons. The molecule has 0 aromatic carbocycles. The van der Waals surface area contributed by atoms with Gasteiger partial charge in [0.1, 0.15) is 5.76 Å².